The van der Waals surface area contributed by atoms with Crippen molar-refractivity contribution in [2.24, 2.45) is 5.92 Å². The first-order valence-electron chi connectivity index (χ1n) is 6.36. The van der Waals surface area contributed by atoms with E-state index in [1.807, 2.05) is 13.8 Å². The highest BCUT2D eigenvalue weighted by Crippen LogP contribution is 2.10. The van der Waals surface area contributed by atoms with Crippen molar-refractivity contribution in [3.05, 3.63) is 53.3 Å². The number of carbonyl (C=O) groups excluding carboxylic acids is 1. The molecule has 0 unspecified atom stereocenters. The fourth-order valence-corrected chi connectivity index (χ4v) is 1.85. The van der Waals surface area contributed by atoms with E-state index < -0.39 is 5.97 Å². The average molecular weight is 272 g/mol. The lowest BCUT2D eigenvalue weighted by Crippen LogP contribution is -2.06. The third-order valence-corrected chi connectivity index (χ3v) is 2.99. The molecular weight excluding hydrogens is 256 g/mol. The highest BCUT2D eigenvalue weighted by atomic mass is 16.4. The molecule has 5 heteroatoms. The minimum absolute atomic E-state index is 0.0532. The van der Waals surface area contributed by atoms with E-state index in [1.165, 1.54) is 0 Å². The molecule has 0 aliphatic rings. The van der Waals surface area contributed by atoms with Crippen LogP contribution in [0.15, 0.2) is 36.7 Å². The largest absolute Gasteiger partial charge is 0.478 e. The van der Waals surface area contributed by atoms with Gasteiger partial charge >= 0.3 is 5.97 Å². The third-order valence-electron chi connectivity index (χ3n) is 2.99. The summed E-state index contributed by atoms with van der Waals surface area (Å²) < 4.78 is 1.67. The van der Waals surface area contributed by atoms with Crippen LogP contribution in [0, 0.1) is 5.92 Å². The van der Waals surface area contributed by atoms with E-state index in [9.17, 15) is 9.59 Å². The number of carboxylic acids is 1. The van der Waals surface area contributed by atoms with Crippen molar-refractivity contribution in [2.75, 3.05) is 0 Å². The van der Waals surface area contributed by atoms with Gasteiger partial charge in [-0.05, 0) is 17.7 Å². The number of carboxylic acid groups (broad SMARTS) is 1. The van der Waals surface area contributed by atoms with E-state index >= 15 is 0 Å². The highest BCUT2D eigenvalue weighted by Gasteiger charge is 2.12. The predicted octanol–water partition coefficient (Wildman–Crippen LogP) is 2.47. The topological polar surface area (TPSA) is 72.2 Å². The molecule has 0 saturated carbocycles. The van der Waals surface area contributed by atoms with Crippen molar-refractivity contribution in [3.63, 3.8) is 0 Å². The maximum Gasteiger partial charge on any atom is 0.335 e. The Balaban J connectivity index is 2.10. The monoisotopic (exact) mass is 272 g/mol. The smallest absolute Gasteiger partial charge is 0.335 e. The molecule has 2 aromatic rings. The van der Waals surface area contributed by atoms with E-state index in [4.69, 9.17) is 5.11 Å². The number of nitrogens with zero attached hydrogens (tertiary/aromatic N) is 2. The van der Waals surface area contributed by atoms with Crippen LogP contribution in [-0.2, 0) is 6.54 Å². The van der Waals surface area contributed by atoms with Gasteiger partial charge in [-0.25, -0.2) is 4.79 Å². The molecule has 1 aromatic heterocycles. The summed E-state index contributed by atoms with van der Waals surface area (Å²) in [5.41, 5.74) is 1.79. The molecule has 104 valence electrons. The molecule has 1 heterocycles. The second-order valence-corrected chi connectivity index (χ2v) is 4.95. The Labute approximate surface area is 116 Å². The molecule has 0 atom stereocenters. The quantitative estimate of drug-likeness (QED) is 0.849. The molecule has 2 rings (SSSR count). The van der Waals surface area contributed by atoms with Gasteiger partial charge in [-0.3, -0.25) is 9.48 Å². The van der Waals surface area contributed by atoms with Gasteiger partial charge in [0.05, 0.1) is 23.9 Å². The van der Waals surface area contributed by atoms with Gasteiger partial charge in [0, 0.05) is 12.1 Å². The van der Waals surface area contributed by atoms with Crippen LogP contribution in [-0.4, -0.2) is 26.6 Å². The predicted molar refractivity (Wildman–Crippen MR) is 73.9 cm³/mol. The SMILES string of the molecule is CC(C)C(=O)c1cnn(Cc2ccc(C(=O)O)cc2)c1. The molecule has 5 nitrogen and oxygen atoms in total. The summed E-state index contributed by atoms with van der Waals surface area (Å²) in [6.07, 6.45) is 3.28. The van der Waals surface area contributed by atoms with Crippen molar-refractivity contribution in [3.8, 4) is 0 Å². The molecule has 0 aliphatic carbocycles. The summed E-state index contributed by atoms with van der Waals surface area (Å²) in [5.74, 6) is -0.930. The summed E-state index contributed by atoms with van der Waals surface area (Å²) in [4.78, 5) is 22.6. The Morgan fingerprint density at radius 2 is 1.85 bits per heavy atom. The van der Waals surface area contributed by atoms with Crippen molar-refractivity contribution in [1.29, 1.82) is 0 Å². The molecule has 1 aromatic carbocycles. The number of benzene rings is 1. The van der Waals surface area contributed by atoms with Crippen molar-refractivity contribution < 1.29 is 14.7 Å². The second-order valence-electron chi connectivity index (χ2n) is 4.95. The van der Waals surface area contributed by atoms with Gasteiger partial charge in [0.2, 0.25) is 0 Å². The average Bonchev–Trinajstić information content (AvgIpc) is 2.86. The Hall–Kier alpha value is -2.43. The van der Waals surface area contributed by atoms with Crippen LogP contribution < -0.4 is 0 Å². The van der Waals surface area contributed by atoms with Gasteiger partial charge in [-0.15, -0.1) is 0 Å². The lowest BCUT2D eigenvalue weighted by molar-refractivity contribution is 0.0696. The van der Waals surface area contributed by atoms with Crippen LogP contribution in [0.25, 0.3) is 0 Å². The molecule has 20 heavy (non-hydrogen) atoms. The van der Waals surface area contributed by atoms with Crippen LogP contribution in [0.4, 0.5) is 0 Å². The zero-order valence-corrected chi connectivity index (χ0v) is 11.4. The summed E-state index contributed by atoms with van der Waals surface area (Å²) in [6.45, 7) is 4.21. The molecule has 0 spiro atoms. The number of hydrogen-bond donors (Lipinski definition) is 1. The Bertz CT molecular complexity index is 627. The molecule has 0 saturated heterocycles. The maximum atomic E-state index is 11.8. The molecular formula is C15H16N2O3. The first kappa shape index (κ1) is 14.0. The fourth-order valence-electron chi connectivity index (χ4n) is 1.85. The van der Waals surface area contributed by atoms with Crippen LogP contribution in [0.3, 0.4) is 0 Å². The fraction of sp³-hybridized carbons (Fsp3) is 0.267. The van der Waals surface area contributed by atoms with E-state index in [1.54, 1.807) is 41.3 Å². The van der Waals surface area contributed by atoms with Crippen molar-refractivity contribution in [2.45, 2.75) is 20.4 Å². The minimum atomic E-state index is -0.944. The second kappa shape index (κ2) is 5.69. The van der Waals surface area contributed by atoms with E-state index in [0.717, 1.165) is 5.56 Å². The molecule has 0 fully saturated rings. The summed E-state index contributed by atoms with van der Waals surface area (Å²) in [6, 6.07) is 6.60. The first-order valence-corrected chi connectivity index (χ1v) is 6.36. The number of ketones is 1. The lowest BCUT2D eigenvalue weighted by atomic mass is 10.0. The third kappa shape index (κ3) is 3.12. The zero-order chi connectivity index (χ0) is 14.7. The normalized spacial score (nSPS) is 10.8. The van der Waals surface area contributed by atoms with E-state index in [2.05, 4.69) is 5.10 Å². The number of aromatic carboxylic acids is 1. The van der Waals surface area contributed by atoms with Gasteiger partial charge in [-0.1, -0.05) is 26.0 Å². The van der Waals surface area contributed by atoms with Gasteiger partial charge in [0.1, 0.15) is 0 Å². The van der Waals surface area contributed by atoms with Gasteiger partial charge in [0.25, 0.3) is 0 Å². The lowest BCUT2D eigenvalue weighted by Gasteiger charge is -2.03. The number of aromatic nitrogens is 2. The van der Waals surface area contributed by atoms with Crippen LogP contribution in [0.2, 0.25) is 0 Å². The number of hydrogen-bond acceptors (Lipinski definition) is 3. The Morgan fingerprint density at radius 3 is 2.40 bits per heavy atom. The van der Waals surface area contributed by atoms with Crippen LogP contribution in [0.5, 0.6) is 0 Å². The maximum absolute atomic E-state index is 11.8. The van der Waals surface area contributed by atoms with Crippen molar-refractivity contribution >= 4 is 11.8 Å². The first-order chi connectivity index (χ1) is 9.47. The zero-order valence-electron chi connectivity index (χ0n) is 11.4. The molecule has 0 amide bonds. The van der Waals surface area contributed by atoms with Crippen LogP contribution in [0.1, 0.15) is 40.1 Å². The summed E-state index contributed by atoms with van der Waals surface area (Å²) in [7, 11) is 0. The van der Waals surface area contributed by atoms with Crippen molar-refractivity contribution in [1.82, 2.24) is 9.78 Å². The highest BCUT2D eigenvalue weighted by molar-refractivity contribution is 5.96. The minimum Gasteiger partial charge on any atom is -0.478 e. The van der Waals surface area contributed by atoms with Gasteiger partial charge in [-0.2, -0.15) is 5.10 Å². The van der Waals surface area contributed by atoms with Gasteiger partial charge in [0.15, 0.2) is 5.78 Å². The molecule has 0 radical (unpaired) electrons. The molecule has 1 N–H and O–H groups in total. The van der Waals surface area contributed by atoms with E-state index in [0.29, 0.717) is 12.1 Å². The Morgan fingerprint density at radius 1 is 1.20 bits per heavy atom. The molecule has 0 bridgehead atoms. The number of carbonyl (C=O) groups is 2. The van der Waals surface area contributed by atoms with Gasteiger partial charge < -0.3 is 5.11 Å². The summed E-state index contributed by atoms with van der Waals surface area (Å²) in [5, 5.41) is 13.0. The number of Topliss-reactive ketones (excluding diaryl/α,β-unsaturated/α-hetero) is 1. The Kier molecular flexibility index (Phi) is 3.98. The van der Waals surface area contributed by atoms with E-state index in [-0.39, 0.29) is 17.3 Å². The summed E-state index contributed by atoms with van der Waals surface area (Å²) >= 11 is 0. The number of rotatable bonds is 5. The van der Waals surface area contributed by atoms with Crippen LogP contribution >= 0.6 is 0 Å². The molecule has 0 aliphatic heterocycles. The standard InChI is InChI=1S/C15H16N2O3/c1-10(2)14(18)13-7-16-17(9-13)8-11-3-5-12(6-4-11)15(19)20/h3-7,9-10H,8H2,1-2H3,(H,19,20).